The highest BCUT2D eigenvalue weighted by Gasteiger charge is 2.32. The number of rotatable bonds is 2. The van der Waals surface area contributed by atoms with Crippen LogP contribution >= 0.6 is 12.2 Å². The van der Waals surface area contributed by atoms with Gasteiger partial charge in [0, 0.05) is 5.71 Å². The predicted octanol–water partition coefficient (Wildman–Crippen LogP) is -1.16. The van der Waals surface area contributed by atoms with Crippen LogP contribution in [0.15, 0.2) is 4.99 Å². The number of thiocarbonyl (C=S) groups is 1. The molecule has 15 heavy (non-hydrogen) atoms. The Labute approximate surface area is 93.4 Å². The number of ether oxygens (including phenoxy) is 1. The summed E-state index contributed by atoms with van der Waals surface area (Å²) in [7, 11) is 1.47. The molecule has 2 rings (SSSR count). The van der Waals surface area contributed by atoms with E-state index in [0.717, 1.165) is 5.71 Å². The van der Waals surface area contributed by atoms with Crippen molar-refractivity contribution in [3.8, 4) is 0 Å². The summed E-state index contributed by atoms with van der Waals surface area (Å²) in [6, 6.07) is 0. The molecule has 84 valence electrons. The van der Waals surface area contributed by atoms with Crippen molar-refractivity contribution in [3.05, 3.63) is 5.21 Å². The third-order valence-electron chi connectivity index (χ3n) is 2.50. The molecule has 1 aliphatic carbocycles. The second kappa shape index (κ2) is 4.40. The molecule has 0 saturated heterocycles. The molecule has 0 amide bonds. The number of nitrogens with zero attached hydrogens (tertiary/aromatic N) is 2. The van der Waals surface area contributed by atoms with Crippen molar-refractivity contribution in [2.75, 3.05) is 20.3 Å². The van der Waals surface area contributed by atoms with Gasteiger partial charge in [-0.3, -0.25) is 5.17 Å². The van der Waals surface area contributed by atoms with Crippen LogP contribution in [-0.4, -0.2) is 36.3 Å². The molecule has 0 radical (unpaired) electrons. The van der Waals surface area contributed by atoms with Crippen molar-refractivity contribution in [1.29, 1.82) is 0 Å². The normalized spacial score (nSPS) is 27.1. The van der Waals surface area contributed by atoms with Crippen LogP contribution in [0, 0.1) is 11.1 Å². The Morgan fingerprint density at radius 1 is 1.73 bits per heavy atom. The van der Waals surface area contributed by atoms with Crippen LogP contribution in [0.1, 0.15) is 12.8 Å². The SMILES string of the molecule is COC(=S)NN1CC(C2CC2)=NC[NH+]1[O-]. The highest BCUT2D eigenvalue weighted by molar-refractivity contribution is 7.80. The third kappa shape index (κ3) is 2.63. The zero-order valence-corrected chi connectivity index (χ0v) is 9.34. The molecule has 1 atom stereocenters. The van der Waals surface area contributed by atoms with E-state index in [0.29, 0.717) is 12.5 Å². The Morgan fingerprint density at radius 2 is 2.47 bits per heavy atom. The van der Waals surface area contributed by atoms with Crippen molar-refractivity contribution >= 4 is 23.1 Å². The zero-order valence-electron chi connectivity index (χ0n) is 8.52. The third-order valence-corrected chi connectivity index (χ3v) is 2.76. The molecule has 2 N–H and O–H groups in total. The van der Waals surface area contributed by atoms with Crippen LogP contribution in [0.2, 0.25) is 0 Å². The number of aliphatic imine (C=N–C) groups is 1. The fourth-order valence-electron chi connectivity index (χ4n) is 1.49. The van der Waals surface area contributed by atoms with Gasteiger partial charge in [-0.05, 0) is 31.0 Å². The number of hydrogen-bond donors (Lipinski definition) is 2. The van der Waals surface area contributed by atoms with Crippen molar-refractivity contribution < 1.29 is 9.91 Å². The van der Waals surface area contributed by atoms with E-state index < -0.39 is 0 Å². The largest absolute Gasteiger partial charge is 0.610 e. The smallest absolute Gasteiger partial charge is 0.275 e. The van der Waals surface area contributed by atoms with E-state index in [2.05, 4.69) is 10.4 Å². The average Bonchev–Trinajstić information content (AvgIpc) is 3.04. The standard InChI is InChI=1S/C8H14N4O2S/c1-14-8(15)10-11-4-7(6-2-3-6)9-5-12(11)13/h6,12H,2-5H2,1H3,(H,10,15). The van der Waals surface area contributed by atoms with E-state index in [4.69, 9.17) is 17.0 Å². The van der Waals surface area contributed by atoms with Gasteiger partial charge in [-0.15, -0.1) is 0 Å². The number of nitrogens with one attached hydrogen (secondary N) is 2. The van der Waals surface area contributed by atoms with Gasteiger partial charge in [0.25, 0.3) is 5.17 Å². The van der Waals surface area contributed by atoms with Gasteiger partial charge in [0.05, 0.1) is 7.11 Å². The summed E-state index contributed by atoms with van der Waals surface area (Å²) in [5.74, 6) is 0.582. The van der Waals surface area contributed by atoms with Gasteiger partial charge in [0.15, 0.2) is 6.67 Å². The fraction of sp³-hybridized carbons (Fsp3) is 0.750. The summed E-state index contributed by atoms with van der Waals surface area (Å²) in [5.41, 5.74) is 3.84. The van der Waals surface area contributed by atoms with Crippen LogP contribution in [-0.2, 0) is 4.74 Å². The van der Waals surface area contributed by atoms with E-state index in [1.807, 2.05) is 0 Å². The molecule has 0 aromatic rings. The minimum absolute atomic E-state index is 0.0706. The van der Waals surface area contributed by atoms with Crippen molar-refractivity contribution in [2.24, 2.45) is 10.9 Å². The van der Waals surface area contributed by atoms with E-state index in [1.54, 1.807) is 0 Å². The van der Waals surface area contributed by atoms with Crippen LogP contribution in [0.4, 0.5) is 0 Å². The van der Waals surface area contributed by atoms with Gasteiger partial charge in [0.1, 0.15) is 6.54 Å². The first-order chi connectivity index (χ1) is 7.20. The van der Waals surface area contributed by atoms with Gasteiger partial charge in [0.2, 0.25) is 0 Å². The first kappa shape index (κ1) is 10.7. The Kier molecular flexibility index (Phi) is 3.15. The van der Waals surface area contributed by atoms with E-state index in [-0.39, 0.29) is 17.0 Å². The fourth-order valence-corrected chi connectivity index (χ4v) is 1.60. The van der Waals surface area contributed by atoms with Crippen molar-refractivity contribution in [1.82, 2.24) is 10.5 Å². The monoisotopic (exact) mass is 230 g/mol. The van der Waals surface area contributed by atoms with E-state index in [1.165, 1.54) is 25.1 Å². The Balaban J connectivity index is 1.93. The molecule has 0 aromatic heterocycles. The van der Waals surface area contributed by atoms with Gasteiger partial charge in [-0.1, -0.05) is 5.12 Å². The summed E-state index contributed by atoms with van der Waals surface area (Å²) in [5, 5.41) is 13.1. The summed E-state index contributed by atoms with van der Waals surface area (Å²) in [6.45, 7) is 0.734. The maximum atomic E-state index is 11.5. The van der Waals surface area contributed by atoms with Gasteiger partial charge >= 0.3 is 0 Å². The molecule has 1 saturated carbocycles. The second-order valence-electron chi connectivity index (χ2n) is 3.67. The quantitative estimate of drug-likeness (QED) is 0.463. The number of hydrogen-bond acceptors (Lipinski definition) is 5. The number of hydrazine groups is 1. The molecule has 1 unspecified atom stereocenters. The average molecular weight is 230 g/mol. The lowest BCUT2D eigenvalue weighted by atomic mass is 10.2. The molecular weight excluding hydrogens is 216 g/mol. The summed E-state index contributed by atoms with van der Waals surface area (Å²) < 4.78 is 4.80. The number of quaternary nitrogens is 1. The molecule has 2 aliphatic rings. The lowest BCUT2D eigenvalue weighted by Gasteiger charge is -2.35. The Bertz CT molecular complexity index is 292. The molecule has 1 fully saturated rings. The Hall–Kier alpha value is -0.760. The molecular formula is C8H14N4O2S. The van der Waals surface area contributed by atoms with Crippen LogP contribution < -0.4 is 10.6 Å². The first-order valence-electron chi connectivity index (χ1n) is 4.89. The molecule has 6 nitrogen and oxygen atoms in total. The maximum Gasteiger partial charge on any atom is 0.275 e. The Morgan fingerprint density at radius 3 is 3.07 bits per heavy atom. The van der Waals surface area contributed by atoms with Crippen molar-refractivity contribution in [2.45, 2.75) is 12.8 Å². The van der Waals surface area contributed by atoms with Gasteiger partial charge < -0.3 is 9.94 Å². The maximum absolute atomic E-state index is 11.5. The highest BCUT2D eigenvalue weighted by Crippen LogP contribution is 2.30. The first-order valence-corrected chi connectivity index (χ1v) is 5.29. The molecule has 0 aromatic carbocycles. The topological polar surface area (TPSA) is 64.4 Å². The lowest BCUT2D eigenvalue weighted by molar-refractivity contribution is -0.978. The van der Waals surface area contributed by atoms with E-state index >= 15 is 0 Å². The highest BCUT2D eigenvalue weighted by atomic mass is 32.1. The predicted molar refractivity (Wildman–Crippen MR) is 58.8 cm³/mol. The minimum atomic E-state index is -0.0706. The molecule has 0 spiro atoms. The zero-order chi connectivity index (χ0) is 10.8. The molecule has 1 aliphatic heterocycles. The van der Waals surface area contributed by atoms with Gasteiger partial charge in [-0.25, -0.2) is 10.4 Å². The van der Waals surface area contributed by atoms with E-state index in [9.17, 15) is 5.21 Å². The van der Waals surface area contributed by atoms with Crippen LogP contribution in [0.25, 0.3) is 0 Å². The minimum Gasteiger partial charge on any atom is -0.610 e. The van der Waals surface area contributed by atoms with Crippen LogP contribution in [0.3, 0.4) is 0 Å². The van der Waals surface area contributed by atoms with Gasteiger partial charge in [-0.2, -0.15) is 0 Å². The summed E-state index contributed by atoms with van der Waals surface area (Å²) in [4.78, 5) is 4.26. The second-order valence-corrected chi connectivity index (χ2v) is 4.04. The summed E-state index contributed by atoms with van der Waals surface area (Å²) >= 11 is 4.84. The summed E-state index contributed by atoms with van der Waals surface area (Å²) in [6.07, 6.45) is 2.38. The van der Waals surface area contributed by atoms with Crippen LogP contribution in [0.5, 0.6) is 0 Å². The molecule has 1 heterocycles. The molecule has 7 heteroatoms. The number of methoxy groups -OCH3 is 1. The number of hydroxylamine groups is 1. The lowest BCUT2D eigenvalue weighted by Crippen LogP contribution is -3.16. The molecule has 0 bridgehead atoms. The van der Waals surface area contributed by atoms with Crippen molar-refractivity contribution in [3.63, 3.8) is 0 Å².